The molecular weight excluding hydrogens is 306 g/mol. The summed E-state index contributed by atoms with van der Waals surface area (Å²) in [4.78, 5) is 13.5. The summed E-state index contributed by atoms with van der Waals surface area (Å²) >= 11 is 1.85. The van der Waals surface area contributed by atoms with E-state index in [9.17, 15) is 4.79 Å². The van der Waals surface area contributed by atoms with Crippen LogP contribution in [0.15, 0.2) is 59.5 Å². The Hall–Kier alpha value is -2.20. The van der Waals surface area contributed by atoms with Crippen molar-refractivity contribution < 1.29 is 9.53 Å². The minimum Gasteiger partial charge on any atom is -0.497 e. The fourth-order valence-electron chi connectivity index (χ4n) is 2.60. The molecule has 0 aromatic heterocycles. The van der Waals surface area contributed by atoms with Gasteiger partial charge in [0, 0.05) is 16.7 Å². The summed E-state index contributed by atoms with van der Waals surface area (Å²) in [7, 11) is 1.64. The van der Waals surface area contributed by atoms with Gasteiger partial charge in [0.2, 0.25) is 5.91 Å². The number of carbonyl (C=O) groups is 1. The topological polar surface area (TPSA) is 38.3 Å². The molecule has 3 nitrogen and oxygen atoms in total. The van der Waals surface area contributed by atoms with E-state index in [1.54, 1.807) is 13.2 Å². The Kier molecular flexibility index (Phi) is 5.03. The van der Waals surface area contributed by atoms with Crippen molar-refractivity contribution in [3.63, 3.8) is 0 Å². The van der Waals surface area contributed by atoms with Gasteiger partial charge in [0.1, 0.15) is 5.75 Å². The van der Waals surface area contributed by atoms with Crippen LogP contribution in [0, 0.1) is 0 Å². The highest BCUT2D eigenvalue weighted by Crippen LogP contribution is 2.35. The summed E-state index contributed by atoms with van der Waals surface area (Å²) in [6.45, 7) is 0. The van der Waals surface area contributed by atoms with Crippen LogP contribution in [0.5, 0.6) is 5.75 Å². The van der Waals surface area contributed by atoms with Crippen molar-refractivity contribution in [3.05, 3.63) is 65.7 Å². The van der Waals surface area contributed by atoms with Crippen molar-refractivity contribution in [2.24, 2.45) is 0 Å². The quantitative estimate of drug-likeness (QED) is 0.862. The monoisotopic (exact) mass is 325 g/mol. The molecule has 1 unspecified atom stereocenters. The van der Waals surface area contributed by atoms with Crippen molar-refractivity contribution in [1.29, 1.82) is 0 Å². The van der Waals surface area contributed by atoms with Gasteiger partial charge >= 0.3 is 0 Å². The van der Waals surface area contributed by atoms with Crippen LogP contribution in [0.25, 0.3) is 6.08 Å². The molecule has 0 bridgehead atoms. The average Bonchev–Trinajstić information content (AvgIpc) is 2.61. The van der Waals surface area contributed by atoms with Gasteiger partial charge in [-0.1, -0.05) is 30.3 Å². The maximum Gasteiger partial charge on any atom is 0.244 e. The molecule has 1 amide bonds. The first-order chi connectivity index (χ1) is 11.3. The van der Waals surface area contributed by atoms with E-state index in [4.69, 9.17) is 4.74 Å². The van der Waals surface area contributed by atoms with Gasteiger partial charge in [-0.15, -0.1) is 11.8 Å². The van der Waals surface area contributed by atoms with Gasteiger partial charge in [-0.25, -0.2) is 0 Å². The fraction of sp³-hybridized carbons (Fsp3) is 0.211. The zero-order valence-corrected chi connectivity index (χ0v) is 13.8. The van der Waals surface area contributed by atoms with Crippen molar-refractivity contribution in [1.82, 2.24) is 5.32 Å². The number of nitrogens with one attached hydrogen (secondary N) is 1. The second kappa shape index (κ2) is 7.38. The lowest BCUT2D eigenvalue weighted by molar-refractivity contribution is -0.117. The van der Waals surface area contributed by atoms with E-state index in [2.05, 4.69) is 17.4 Å². The summed E-state index contributed by atoms with van der Waals surface area (Å²) in [5.74, 6) is 1.78. The number of hydrogen-bond donors (Lipinski definition) is 1. The molecule has 0 spiro atoms. The first-order valence-corrected chi connectivity index (χ1v) is 8.59. The van der Waals surface area contributed by atoms with Crippen molar-refractivity contribution in [2.45, 2.75) is 17.4 Å². The summed E-state index contributed by atoms with van der Waals surface area (Å²) in [6, 6.07) is 16.0. The number of ether oxygens (including phenoxy) is 1. The van der Waals surface area contributed by atoms with Crippen molar-refractivity contribution >= 4 is 23.7 Å². The van der Waals surface area contributed by atoms with Gasteiger partial charge < -0.3 is 10.1 Å². The second-order valence-corrected chi connectivity index (χ2v) is 6.48. The average molecular weight is 325 g/mol. The lowest BCUT2D eigenvalue weighted by Crippen LogP contribution is -2.29. The molecule has 23 heavy (non-hydrogen) atoms. The predicted octanol–water partition coefficient (Wildman–Crippen LogP) is 4.06. The fourth-order valence-corrected chi connectivity index (χ4v) is 3.72. The van der Waals surface area contributed by atoms with Gasteiger partial charge in [0.15, 0.2) is 0 Å². The lowest BCUT2D eigenvalue weighted by atomic mass is 10.0. The largest absolute Gasteiger partial charge is 0.497 e. The molecule has 0 aliphatic carbocycles. The highest BCUT2D eigenvalue weighted by atomic mass is 32.2. The molecule has 2 aromatic rings. The molecule has 118 valence electrons. The summed E-state index contributed by atoms with van der Waals surface area (Å²) in [5, 5.41) is 3.10. The number of carbonyl (C=O) groups excluding carboxylic acids is 1. The predicted molar refractivity (Wildman–Crippen MR) is 94.7 cm³/mol. The number of methoxy groups -OCH3 is 1. The normalized spacial score (nSPS) is 16.8. The van der Waals surface area contributed by atoms with Crippen LogP contribution in [0.4, 0.5) is 0 Å². The molecule has 1 aliphatic rings. The Morgan fingerprint density at radius 3 is 2.78 bits per heavy atom. The van der Waals surface area contributed by atoms with E-state index >= 15 is 0 Å². The molecule has 2 aromatic carbocycles. The lowest BCUT2D eigenvalue weighted by Gasteiger charge is -2.25. The molecule has 0 radical (unpaired) electrons. The minimum absolute atomic E-state index is 0.0625. The van der Waals surface area contributed by atoms with E-state index in [0.717, 1.165) is 23.5 Å². The SMILES string of the molecule is COc1ccc(/C=C/C(=O)NC2CCSc3ccccc32)cc1. The molecule has 4 heteroatoms. The smallest absolute Gasteiger partial charge is 0.244 e. The Morgan fingerprint density at radius 1 is 1.22 bits per heavy atom. The van der Waals surface area contributed by atoms with E-state index in [1.807, 2.05) is 54.2 Å². The molecular formula is C19H19NO2S. The summed E-state index contributed by atoms with van der Waals surface area (Å²) < 4.78 is 5.12. The third kappa shape index (κ3) is 3.96. The van der Waals surface area contributed by atoms with Crippen LogP contribution in [-0.2, 0) is 4.79 Å². The van der Waals surface area contributed by atoms with E-state index < -0.39 is 0 Å². The van der Waals surface area contributed by atoms with E-state index in [0.29, 0.717) is 0 Å². The van der Waals surface area contributed by atoms with Crippen LogP contribution in [0.1, 0.15) is 23.6 Å². The molecule has 0 saturated carbocycles. The van der Waals surface area contributed by atoms with Crippen molar-refractivity contribution in [3.8, 4) is 5.75 Å². The molecule has 1 atom stereocenters. The molecule has 1 N–H and O–H groups in total. The zero-order valence-electron chi connectivity index (χ0n) is 13.0. The minimum atomic E-state index is -0.0625. The van der Waals surface area contributed by atoms with Gasteiger partial charge in [-0.05, 0) is 41.8 Å². The maximum atomic E-state index is 12.2. The Morgan fingerprint density at radius 2 is 2.00 bits per heavy atom. The Balaban J connectivity index is 1.64. The molecule has 0 saturated heterocycles. The number of rotatable bonds is 4. The highest BCUT2D eigenvalue weighted by Gasteiger charge is 2.20. The van der Waals surface area contributed by atoms with Crippen molar-refractivity contribution in [2.75, 3.05) is 12.9 Å². The first-order valence-electron chi connectivity index (χ1n) is 7.60. The van der Waals surface area contributed by atoms with E-state index in [1.165, 1.54) is 10.5 Å². The van der Waals surface area contributed by atoms with E-state index in [-0.39, 0.29) is 11.9 Å². The molecule has 1 aliphatic heterocycles. The maximum absolute atomic E-state index is 12.2. The number of fused-ring (bicyclic) bond motifs is 1. The summed E-state index contributed by atoms with van der Waals surface area (Å²) in [6.07, 6.45) is 4.37. The van der Waals surface area contributed by atoms with Gasteiger partial charge in [-0.2, -0.15) is 0 Å². The zero-order chi connectivity index (χ0) is 16.1. The number of benzene rings is 2. The van der Waals surface area contributed by atoms with Crippen LogP contribution in [0.3, 0.4) is 0 Å². The van der Waals surface area contributed by atoms with Crippen LogP contribution < -0.4 is 10.1 Å². The van der Waals surface area contributed by atoms with Gasteiger partial charge in [0.25, 0.3) is 0 Å². The number of amides is 1. The van der Waals surface area contributed by atoms with Gasteiger partial charge in [0.05, 0.1) is 13.2 Å². The summed E-state index contributed by atoms with van der Waals surface area (Å²) in [5.41, 5.74) is 2.19. The standard InChI is InChI=1S/C19H19NO2S/c1-22-15-9-6-14(7-10-15)8-11-19(21)20-17-12-13-23-18-5-3-2-4-16(17)18/h2-11,17H,12-13H2,1H3,(H,20,21)/b11-8+. The molecule has 1 heterocycles. The third-order valence-electron chi connectivity index (χ3n) is 3.82. The van der Waals surface area contributed by atoms with Gasteiger partial charge in [-0.3, -0.25) is 4.79 Å². The number of hydrogen-bond acceptors (Lipinski definition) is 3. The molecule has 3 rings (SSSR count). The van der Waals surface area contributed by atoms with Crippen LogP contribution in [-0.4, -0.2) is 18.8 Å². The van der Waals surface area contributed by atoms with Crippen LogP contribution in [0.2, 0.25) is 0 Å². The third-order valence-corrected chi connectivity index (χ3v) is 4.94. The number of thioether (sulfide) groups is 1. The van der Waals surface area contributed by atoms with Crippen LogP contribution >= 0.6 is 11.8 Å². The second-order valence-electron chi connectivity index (χ2n) is 5.34. The molecule has 0 fully saturated rings. The Labute approximate surface area is 140 Å². The first kappa shape index (κ1) is 15.7. The highest BCUT2D eigenvalue weighted by molar-refractivity contribution is 7.99. The Bertz CT molecular complexity index is 710.